The molecule has 2 aliphatic heterocycles. The van der Waals surface area contributed by atoms with Gasteiger partial charge in [0, 0.05) is 24.8 Å². The van der Waals surface area contributed by atoms with Gasteiger partial charge < -0.3 is 14.4 Å². The first kappa shape index (κ1) is 15.3. The fourth-order valence-electron chi connectivity index (χ4n) is 3.22. The Bertz CT molecular complexity index is 494. The van der Waals surface area contributed by atoms with Gasteiger partial charge in [0.15, 0.2) is 0 Å². The van der Waals surface area contributed by atoms with E-state index in [1.54, 1.807) is 0 Å². The van der Waals surface area contributed by atoms with Crippen molar-refractivity contribution in [1.82, 2.24) is 4.90 Å². The molecule has 2 saturated heterocycles. The monoisotopic (exact) mass is 303 g/mol. The summed E-state index contributed by atoms with van der Waals surface area (Å²) in [7, 11) is 0. The molecule has 3 rings (SSSR count). The second-order valence-corrected chi connectivity index (χ2v) is 6.31. The van der Waals surface area contributed by atoms with Crippen LogP contribution in [-0.2, 0) is 4.74 Å². The predicted molar refractivity (Wildman–Crippen MR) is 85.3 cm³/mol. The number of nitrogens with zero attached hydrogens (tertiary/aromatic N) is 1. The molecule has 4 nitrogen and oxygen atoms in total. The van der Waals surface area contributed by atoms with Gasteiger partial charge in [-0.1, -0.05) is 0 Å². The van der Waals surface area contributed by atoms with Crippen LogP contribution in [0.2, 0.25) is 0 Å². The van der Waals surface area contributed by atoms with Crippen molar-refractivity contribution in [3.05, 3.63) is 29.8 Å². The number of benzene rings is 1. The van der Waals surface area contributed by atoms with E-state index in [1.165, 1.54) is 6.42 Å². The molecule has 0 bridgehead atoms. The molecular formula is C18H25NO3. The smallest absolute Gasteiger partial charge is 0.254 e. The van der Waals surface area contributed by atoms with Crippen LogP contribution in [0.4, 0.5) is 0 Å². The number of rotatable bonds is 4. The van der Waals surface area contributed by atoms with Crippen LogP contribution in [0.1, 0.15) is 49.4 Å². The number of likely N-dealkylation sites (tertiary alicyclic amines) is 1. The molecule has 2 fully saturated rings. The van der Waals surface area contributed by atoms with Crippen LogP contribution >= 0.6 is 0 Å². The summed E-state index contributed by atoms with van der Waals surface area (Å²) in [5.41, 5.74) is 0.748. The molecule has 1 aromatic rings. The highest BCUT2D eigenvalue weighted by Crippen LogP contribution is 2.21. The van der Waals surface area contributed by atoms with Crippen molar-refractivity contribution in [2.45, 2.75) is 51.2 Å². The van der Waals surface area contributed by atoms with Crippen molar-refractivity contribution in [1.29, 1.82) is 0 Å². The Morgan fingerprint density at radius 1 is 1.23 bits per heavy atom. The lowest BCUT2D eigenvalue weighted by Crippen LogP contribution is -2.41. The molecule has 1 amide bonds. The molecule has 0 unspecified atom stereocenters. The lowest BCUT2D eigenvalue weighted by Gasteiger charge is -2.33. The number of hydrogen-bond donors (Lipinski definition) is 0. The molecule has 0 radical (unpaired) electrons. The maximum Gasteiger partial charge on any atom is 0.254 e. The second-order valence-electron chi connectivity index (χ2n) is 6.31. The van der Waals surface area contributed by atoms with Gasteiger partial charge in [-0.05, 0) is 63.3 Å². The van der Waals surface area contributed by atoms with Gasteiger partial charge in [0.05, 0.1) is 6.10 Å². The maximum absolute atomic E-state index is 12.6. The molecule has 120 valence electrons. The zero-order valence-corrected chi connectivity index (χ0v) is 13.3. The van der Waals surface area contributed by atoms with Gasteiger partial charge >= 0.3 is 0 Å². The normalized spacial score (nSPS) is 25.2. The van der Waals surface area contributed by atoms with Crippen LogP contribution in [0.25, 0.3) is 0 Å². The number of piperidine rings is 1. The highest BCUT2D eigenvalue weighted by molar-refractivity contribution is 5.94. The van der Waals surface area contributed by atoms with Crippen LogP contribution in [0.5, 0.6) is 5.75 Å². The molecule has 2 aliphatic rings. The highest BCUT2D eigenvalue weighted by Gasteiger charge is 2.24. The van der Waals surface area contributed by atoms with Gasteiger partial charge in [-0.3, -0.25) is 4.79 Å². The number of carbonyl (C=O) groups excluding carboxylic acids is 1. The predicted octanol–water partition coefficient (Wildman–Crippen LogP) is 3.26. The molecule has 1 aromatic carbocycles. The third kappa shape index (κ3) is 3.61. The molecule has 0 aromatic heterocycles. The average Bonchev–Trinajstić information content (AvgIpc) is 3.07. The number of hydrogen-bond acceptors (Lipinski definition) is 3. The summed E-state index contributed by atoms with van der Waals surface area (Å²) in [6.07, 6.45) is 5.85. The Morgan fingerprint density at radius 2 is 2.05 bits per heavy atom. The topological polar surface area (TPSA) is 38.8 Å². The summed E-state index contributed by atoms with van der Waals surface area (Å²) >= 11 is 0. The van der Waals surface area contributed by atoms with E-state index in [0.717, 1.165) is 50.1 Å². The minimum atomic E-state index is 0.137. The summed E-state index contributed by atoms with van der Waals surface area (Å²) < 4.78 is 11.3. The van der Waals surface area contributed by atoms with Gasteiger partial charge in [-0.25, -0.2) is 0 Å². The highest BCUT2D eigenvalue weighted by atomic mass is 16.5. The quantitative estimate of drug-likeness (QED) is 0.857. The van der Waals surface area contributed by atoms with Crippen LogP contribution in [-0.4, -0.2) is 42.7 Å². The van der Waals surface area contributed by atoms with Crippen molar-refractivity contribution >= 4 is 5.91 Å². The summed E-state index contributed by atoms with van der Waals surface area (Å²) in [5.74, 6) is 0.941. The summed E-state index contributed by atoms with van der Waals surface area (Å²) in [4.78, 5) is 14.5. The molecule has 22 heavy (non-hydrogen) atoms. The second kappa shape index (κ2) is 7.14. The Kier molecular flexibility index (Phi) is 4.98. The lowest BCUT2D eigenvalue weighted by molar-refractivity contribution is 0.0634. The molecule has 0 aliphatic carbocycles. The van der Waals surface area contributed by atoms with Crippen molar-refractivity contribution in [3.63, 3.8) is 0 Å². The van der Waals surface area contributed by atoms with E-state index < -0.39 is 0 Å². The number of ether oxygens (including phenoxy) is 2. The Morgan fingerprint density at radius 3 is 2.73 bits per heavy atom. The van der Waals surface area contributed by atoms with E-state index >= 15 is 0 Å². The van der Waals surface area contributed by atoms with Gasteiger partial charge in [0.25, 0.3) is 5.91 Å². The molecule has 4 heteroatoms. The zero-order chi connectivity index (χ0) is 15.4. The molecule has 2 heterocycles. The maximum atomic E-state index is 12.6. The number of amides is 1. The van der Waals surface area contributed by atoms with Gasteiger partial charge in [0.1, 0.15) is 12.4 Å². The molecule has 2 atom stereocenters. The van der Waals surface area contributed by atoms with Gasteiger partial charge in [-0.15, -0.1) is 0 Å². The largest absolute Gasteiger partial charge is 0.491 e. The van der Waals surface area contributed by atoms with E-state index in [1.807, 2.05) is 29.2 Å². The third-order valence-corrected chi connectivity index (χ3v) is 4.62. The average molecular weight is 303 g/mol. The SMILES string of the molecule is C[C@@H]1CCCCN1C(=O)c1ccc(OC[C@@H]2CCCO2)cc1. The summed E-state index contributed by atoms with van der Waals surface area (Å²) in [6, 6.07) is 7.85. The Hall–Kier alpha value is -1.55. The van der Waals surface area contributed by atoms with E-state index in [0.29, 0.717) is 12.6 Å². The summed E-state index contributed by atoms with van der Waals surface area (Å²) in [6.45, 7) is 4.44. The van der Waals surface area contributed by atoms with Crippen LogP contribution < -0.4 is 4.74 Å². The van der Waals surface area contributed by atoms with Gasteiger partial charge in [-0.2, -0.15) is 0 Å². The van der Waals surface area contributed by atoms with Gasteiger partial charge in [0.2, 0.25) is 0 Å². The number of carbonyl (C=O) groups is 1. The van der Waals surface area contributed by atoms with Crippen molar-refractivity contribution in [3.8, 4) is 5.75 Å². The third-order valence-electron chi connectivity index (χ3n) is 4.62. The Balaban J connectivity index is 1.57. The standard InChI is InChI=1S/C18H25NO3/c1-14-5-2-3-11-19(14)18(20)15-7-9-16(10-8-15)22-13-17-6-4-12-21-17/h7-10,14,17H,2-6,11-13H2,1H3/t14-,17+/m1/s1. The van der Waals surface area contributed by atoms with Crippen molar-refractivity contribution < 1.29 is 14.3 Å². The molecule has 0 saturated carbocycles. The van der Waals surface area contributed by atoms with E-state index in [9.17, 15) is 4.79 Å². The van der Waals surface area contributed by atoms with Crippen LogP contribution in [0.15, 0.2) is 24.3 Å². The van der Waals surface area contributed by atoms with E-state index in [4.69, 9.17) is 9.47 Å². The first-order valence-corrected chi connectivity index (χ1v) is 8.39. The molecule has 0 N–H and O–H groups in total. The lowest BCUT2D eigenvalue weighted by atomic mass is 10.0. The molecular weight excluding hydrogens is 278 g/mol. The Labute approximate surface area is 132 Å². The molecule has 0 spiro atoms. The first-order chi connectivity index (χ1) is 10.7. The van der Waals surface area contributed by atoms with Crippen molar-refractivity contribution in [2.75, 3.05) is 19.8 Å². The minimum Gasteiger partial charge on any atom is -0.491 e. The van der Waals surface area contributed by atoms with Crippen molar-refractivity contribution in [2.24, 2.45) is 0 Å². The van der Waals surface area contributed by atoms with Crippen LogP contribution in [0.3, 0.4) is 0 Å². The fourth-order valence-corrected chi connectivity index (χ4v) is 3.22. The fraction of sp³-hybridized carbons (Fsp3) is 0.611. The zero-order valence-electron chi connectivity index (χ0n) is 13.3. The summed E-state index contributed by atoms with van der Waals surface area (Å²) in [5, 5.41) is 0. The van der Waals surface area contributed by atoms with Crippen LogP contribution in [0, 0.1) is 0 Å². The van der Waals surface area contributed by atoms with E-state index in [-0.39, 0.29) is 12.0 Å². The van der Waals surface area contributed by atoms with E-state index in [2.05, 4.69) is 6.92 Å². The minimum absolute atomic E-state index is 0.137. The first-order valence-electron chi connectivity index (χ1n) is 8.39.